The van der Waals surface area contributed by atoms with Crippen LogP contribution in [0.1, 0.15) is 12.5 Å². The second kappa shape index (κ2) is 6.96. The first-order chi connectivity index (χ1) is 12.7. The molecule has 2 N–H and O–H groups in total. The number of nitrogens with zero attached hydrogens (tertiary/aromatic N) is 1. The number of anilines is 1. The van der Waals surface area contributed by atoms with Gasteiger partial charge in [-0.05, 0) is 42.8 Å². The minimum atomic E-state index is -1.43. The molecule has 0 radical (unpaired) electrons. The van der Waals surface area contributed by atoms with Gasteiger partial charge >= 0.3 is 6.03 Å². The third kappa shape index (κ3) is 3.61. The van der Waals surface area contributed by atoms with Gasteiger partial charge in [0.15, 0.2) is 0 Å². The predicted octanol–water partition coefficient (Wildman–Crippen LogP) is 3.02. The summed E-state index contributed by atoms with van der Waals surface area (Å²) in [6, 6.07) is 7.98. The molecule has 9 heteroatoms. The van der Waals surface area contributed by atoms with Crippen molar-refractivity contribution < 1.29 is 23.2 Å². The largest absolute Gasteiger partial charge is 0.325 e. The van der Waals surface area contributed by atoms with E-state index in [1.807, 2.05) is 0 Å². The van der Waals surface area contributed by atoms with Crippen LogP contribution in [0.2, 0.25) is 5.02 Å². The maximum atomic E-state index is 13.8. The standard InChI is InChI=1S/C18H14ClF2N3O3/c1-18(10-2-5-12(20)6-3-10)16(26)24(17(27)23-18)9-15(25)22-14-7-4-11(19)8-13(14)21/h2-8H,9H2,1H3,(H,22,25)(H,23,27). The number of rotatable bonds is 4. The molecule has 1 fully saturated rings. The second-order valence-corrected chi connectivity index (χ2v) is 6.56. The molecule has 6 nitrogen and oxygen atoms in total. The molecular formula is C18H14ClF2N3O3. The average Bonchev–Trinajstić information content (AvgIpc) is 2.82. The number of imide groups is 1. The van der Waals surface area contributed by atoms with Crippen LogP contribution in [0.15, 0.2) is 42.5 Å². The Balaban J connectivity index is 1.75. The highest BCUT2D eigenvalue weighted by atomic mass is 35.5. The number of halogens is 3. The molecule has 1 aliphatic rings. The number of urea groups is 1. The minimum absolute atomic E-state index is 0.127. The molecule has 4 amide bonds. The molecule has 2 aromatic carbocycles. The minimum Gasteiger partial charge on any atom is -0.322 e. The Bertz CT molecular complexity index is 936. The van der Waals surface area contributed by atoms with Gasteiger partial charge in [0.2, 0.25) is 5.91 Å². The summed E-state index contributed by atoms with van der Waals surface area (Å²) >= 11 is 5.65. The van der Waals surface area contributed by atoms with Crippen LogP contribution in [0, 0.1) is 11.6 Å². The summed E-state index contributed by atoms with van der Waals surface area (Å²) in [6.07, 6.45) is 0. The van der Waals surface area contributed by atoms with E-state index in [-0.39, 0.29) is 10.7 Å². The van der Waals surface area contributed by atoms with Crippen molar-refractivity contribution in [3.8, 4) is 0 Å². The lowest BCUT2D eigenvalue weighted by Crippen LogP contribution is -2.42. The zero-order valence-corrected chi connectivity index (χ0v) is 14.8. The second-order valence-electron chi connectivity index (χ2n) is 6.13. The van der Waals surface area contributed by atoms with E-state index >= 15 is 0 Å². The summed E-state index contributed by atoms with van der Waals surface area (Å²) in [5.74, 6) is -2.67. The summed E-state index contributed by atoms with van der Waals surface area (Å²) in [5.41, 5.74) is -1.19. The number of carbonyl (C=O) groups excluding carboxylic acids is 3. The van der Waals surface area contributed by atoms with E-state index in [1.54, 1.807) is 0 Å². The van der Waals surface area contributed by atoms with Crippen LogP contribution in [-0.2, 0) is 15.1 Å². The molecule has 0 aliphatic carbocycles. The van der Waals surface area contributed by atoms with E-state index in [0.717, 1.165) is 6.07 Å². The Hall–Kier alpha value is -3.00. The highest BCUT2D eigenvalue weighted by molar-refractivity contribution is 6.30. The molecule has 3 rings (SSSR count). The highest BCUT2D eigenvalue weighted by Crippen LogP contribution is 2.29. The van der Waals surface area contributed by atoms with Crippen LogP contribution in [0.25, 0.3) is 0 Å². The molecule has 27 heavy (non-hydrogen) atoms. The fourth-order valence-electron chi connectivity index (χ4n) is 2.74. The number of hydrogen-bond acceptors (Lipinski definition) is 3. The van der Waals surface area contributed by atoms with Crippen molar-refractivity contribution in [1.82, 2.24) is 10.2 Å². The first kappa shape index (κ1) is 18.8. The molecule has 0 saturated carbocycles. The van der Waals surface area contributed by atoms with E-state index in [0.29, 0.717) is 10.5 Å². The van der Waals surface area contributed by atoms with Crippen molar-refractivity contribution in [2.45, 2.75) is 12.5 Å². The number of benzene rings is 2. The molecule has 0 aromatic heterocycles. The molecule has 0 spiro atoms. The van der Waals surface area contributed by atoms with Crippen LogP contribution >= 0.6 is 11.6 Å². The summed E-state index contributed by atoms with van der Waals surface area (Å²) in [6.45, 7) is 0.848. The zero-order valence-electron chi connectivity index (χ0n) is 14.1. The van der Waals surface area contributed by atoms with Crippen LogP contribution in [0.3, 0.4) is 0 Å². The van der Waals surface area contributed by atoms with E-state index in [4.69, 9.17) is 11.6 Å². The van der Waals surface area contributed by atoms with Crippen LogP contribution in [-0.4, -0.2) is 29.3 Å². The van der Waals surface area contributed by atoms with E-state index in [1.165, 1.54) is 43.3 Å². The third-order valence-corrected chi connectivity index (χ3v) is 4.44. The van der Waals surface area contributed by atoms with Gasteiger partial charge in [-0.2, -0.15) is 0 Å². The monoisotopic (exact) mass is 393 g/mol. The summed E-state index contributed by atoms with van der Waals surface area (Å²) in [5, 5.41) is 4.94. The Kier molecular flexibility index (Phi) is 4.84. The van der Waals surface area contributed by atoms with Crippen molar-refractivity contribution in [2.24, 2.45) is 0 Å². The van der Waals surface area contributed by atoms with Crippen molar-refractivity contribution in [1.29, 1.82) is 0 Å². The summed E-state index contributed by atoms with van der Waals surface area (Å²) < 4.78 is 26.9. The number of carbonyl (C=O) groups is 3. The summed E-state index contributed by atoms with van der Waals surface area (Å²) in [4.78, 5) is 37.8. The lowest BCUT2D eigenvalue weighted by molar-refractivity contribution is -0.133. The van der Waals surface area contributed by atoms with Crippen molar-refractivity contribution in [2.75, 3.05) is 11.9 Å². The Morgan fingerprint density at radius 2 is 1.85 bits per heavy atom. The normalized spacial score (nSPS) is 19.2. The molecule has 1 saturated heterocycles. The van der Waals surface area contributed by atoms with E-state index < -0.39 is 41.6 Å². The Morgan fingerprint density at radius 3 is 2.48 bits per heavy atom. The van der Waals surface area contributed by atoms with Gasteiger partial charge < -0.3 is 10.6 Å². The average molecular weight is 394 g/mol. The van der Waals surface area contributed by atoms with Gasteiger partial charge in [0.1, 0.15) is 23.7 Å². The van der Waals surface area contributed by atoms with Crippen LogP contribution < -0.4 is 10.6 Å². The number of nitrogens with one attached hydrogen (secondary N) is 2. The first-order valence-corrected chi connectivity index (χ1v) is 8.23. The zero-order chi connectivity index (χ0) is 19.8. The van der Waals surface area contributed by atoms with Gasteiger partial charge in [0.05, 0.1) is 5.69 Å². The topological polar surface area (TPSA) is 78.5 Å². The lowest BCUT2D eigenvalue weighted by Gasteiger charge is -2.22. The molecule has 0 bridgehead atoms. The molecule has 1 heterocycles. The number of amides is 4. The summed E-state index contributed by atoms with van der Waals surface area (Å²) in [7, 11) is 0. The molecule has 2 aromatic rings. The maximum absolute atomic E-state index is 13.8. The molecule has 1 atom stereocenters. The van der Waals surface area contributed by atoms with E-state index in [2.05, 4.69) is 10.6 Å². The first-order valence-electron chi connectivity index (χ1n) is 7.86. The van der Waals surface area contributed by atoms with Crippen molar-refractivity contribution in [3.05, 3.63) is 64.7 Å². The maximum Gasteiger partial charge on any atom is 0.325 e. The van der Waals surface area contributed by atoms with Crippen LogP contribution in [0.5, 0.6) is 0 Å². The van der Waals surface area contributed by atoms with Gasteiger partial charge in [-0.25, -0.2) is 13.6 Å². The van der Waals surface area contributed by atoms with Crippen molar-refractivity contribution >= 4 is 35.1 Å². The highest BCUT2D eigenvalue weighted by Gasteiger charge is 2.49. The molecule has 140 valence electrons. The van der Waals surface area contributed by atoms with Gasteiger partial charge in [0, 0.05) is 5.02 Å². The van der Waals surface area contributed by atoms with Gasteiger partial charge in [0.25, 0.3) is 5.91 Å². The fourth-order valence-corrected chi connectivity index (χ4v) is 2.90. The Morgan fingerprint density at radius 1 is 1.19 bits per heavy atom. The van der Waals surface area contributed by atoms with Crippen molar-refractivity contribution in [3.63, 3.8) is 0 Å². The SMILES string of the molecule is CC1(c2ccc(F)cc2)NC(=O)N(CC(=O)Nc2ccc(Cl)cc2F)C1=O. The molecular weight excluding hydrogens is 380 g/mol. The molecule has 1 unspecified atom stereocenters. The van der Waals surface area contributed by atoms with Gasteiger partial charge in [-0.3, -0.25) is 14.5 Å². The fraction of sp³-hybridized carbons (Fsp3) is 0.167. The quantitative estimate of drug-likeness (QED) is 0.784. The van der Waals surface area contributed by atoms with Gasteiger partial charge in [-0.15, -0.1) is 0 Å². The predicted molar refractivity (Wildman–Crippen MR) is 94.0 cm³/mol. The van der Waals surface area contributed by atoms with Crippen LogP contribution in [0.4, 0.5) is 19.3 Å². The Labute approximate surface area is 158 Å². The van der Waals surface area contributed by atoms with Gasteiger partial charge in [-0.1, -0.05) is 23.7 Å². The van der Waals surface area contributed by atoms with E-state index in [9.17, 15) is 23.2 Å². The lowest BCUT2D eigenvalue weighted by atomic mass is 9.92. The third-order valence-electron chi connectivity index (χ3n) is 4.20. The smallest absolute Gasteiger partial charge is 0.322 e. The molecule has 1 aliphatic heterocycles. The number of hydrogen-bond donors (Lipinski definition) is 2.